The normalized spacial score (nSPS) is 21.9. The first-order valence-electron chi connectivity index (χ1n) is 6.41. The fourth-order valence-corrected chi connectivity index (χ4v) is 3.04. The van der Waals surface area contributed by atoms with Crippen molar-refractivity contribution >= 4 is 11.6 Å². The molecular formula is C15H18ClNO. The Hall–Kier alpha value is -1.04. The van der Waals surface area contributed by atoms with E-state index in [0.717, 1.165) is 37.7 Å². The largest absolute Gasteiger partial charge is 0.384 e. The van der Waals surface area contributed by atoms with Crippen molar-refractivity contribution in [1.29, 1.82) is 5.26 Å². The van der Waals surface area contributed by atoms with Crippen LogP contribution in [0.15, 0.2) is 24.3 Å². The first kappa shape index (κ1) is 13.4. The number of nitriles is 1. The zero-order valence-corrected chi connectivity index (χ0v) is 11.4. The number of aliphatic hydroxyl groups is 1. The van der Waals surface area contributed by atoms with E-state index in [-0.39, 0.29) is 0 Å². The molecule has 0 heterocycles. The maximum Gasteiger partial charge on any atom is 0.105 e. The van der Waals surface area contributed by atoms with E-state index >= 15 is 0 Å². The highest BCUT2D eigenvalue weighted by Crippen LogP contribution is 2.49. The van der Waals surface area contributed by atoms with Crippen LogP contribution in [0.1, 0.15) is 44.6 Å². The van der Waals surface area contributed by atoms with Crippen LogP contribution in [0.2, 0.25) is 5.02 Å². The number of rotatable bonds is 2. The van der Waals surface area contributed by atoms with Gasteiger partial charge >= 0.3 is 0 Å². The zero-order valence-electron chi connectivity index (χ0n) is 10.6. The van der Waals surface area contributed by atoms with E-state index < -0.39 is 11.0 Å². The maximum atomic E-state index is 10.9. The highest BCUT2D eigenvalue weighted by Gasteiger charge is 2.49. The van der Waals surface area contributed by atoms with E-state index in [9.17, 15) is 10.4 Å². The van der Waals surface area contributed by atoms with E-state index in [4.69, 9.17) is 11.6 Å². The first-order chi connectivity index (χ1) is 8.52. The number of nitrogens with zero attached hydrogens (tertiary/aromatic N) is 1. The van der Waals surface area contributed by atoms with Gasteiger partial charge in [-0.25, -0.2) is 0 Å². The molecule has 1 atom stereocenters. The van der Waals surface area contributed by atoms with Crippen LogP contribution in [0.4, 0.5) is 0 Å². The monoisotopic (exact) mass is 263 g/mol. The van der Waals surface area contributed by atoms with Crippen LogP contribution in [0.25, 0.3) is 0 Å². The Balaban J connectivity index is 2.39. The Morgan fingerprint density at radius 2 is 1.78 bits per heavy atom. The number of hydrogen-bond donors (Lipinski definition) is 1. The van der Waals surface area contributed by atoms with Gasteiger partial charge in [0.1, 0.15) is 5.60 Å². The van der Waals surface area contributed by atoms with Crippen LogP contribution in [0.3, 0.4) is 0 Å². The van der Waals surface area contributed by atoms with Gasteiger partial charge in [-0.3, -0.25) is 0 Å². The number of hydrogen-bond acceptors (Lipinski definition) is 2. The predicted molar refractivity (Wildman–Crippen MR) is 72.2 cm³/mol. The minimum Gasteiger partial charge on any atom is -0.384 e. The van der Waals surface area contributed by atoms with Crippen molar-refractivity contribution in [3.63, 3.8) is 0 Å². The molecule has 1 N–H and O–H groups in total. The quantitative estimate of drug-likeness (QED) is 0.876. The molecule has 1 aliphatic carbocycles. The molecule has 18 heavy (non-hydrogen) atoms. The van der Waals surface area contributed by atoms with E-state index in [1.807, 2.05) is 12.1 Å². The molecule has 0 saturated heterocycles. The summed E-state index contributed by atoms with van der Waals surface area (Å²) in [4.78, 5) is 0. The second-order valence-electron chi connectivity index (χ2n) is 5.33. The zero-order chi connectivity index (χ0) is 13.2. The molecule has 2 nitrogen and oxygen atoms in total. The average molecular weight is 264 g/mol. The van der Waals surface area contributed by atoms with Crippen molar-refractivity contribution in [3.05, 3.63) is 34.9 Å². The van der Waals surface area contributed by atoms with E-state index in [0.29, 0.717) is 5.02 Å². The van der Waals surface area contributed by atoms with Gasteiger partial charge in [-0.2, -0.15) is 5.26 Å². The maximum absolute atomic E-state index is 10.9. The predicted octanol–water partition coefficient (Wildman–Crippen LogP) is 4.02. The third-order valence-corrected chi connectivity index (χ3v) is 4.51. The van der Waals surface area contributed by atoms with Gasteiger partial charge < -0.3 is 5.11 Å². The van der Waals surface area contributed by atoms with Gasteiger partial charge in [0.25, 0.3) is 0 Å². The lowest BCUT2D eigenvalue weighted by molar-refractivity contribution is -0.0634. The molecule has 1 aromatic carbocycles. The van der Waals surface area contributed by atoms with E-state index in [1.165, 1.54) is 0 Å². The third-order valence-electron chi connectivity index (χ3n) is 4.26. The molecule has 0 aromatic heterocycles. The van der Waals surface area contributed by atoms with Crippen LogP contribution in [-0.2, 0) is 5.60 Å². The van der Waals surface area contributed by atoms with Crippen LogP contribution >= 0.6 is 11.6 Å². The third kappa shape index (κ3) is 2.13. The summed E-state index contributed by atoms with van der Waals surface area (Å²) >= 11 is 5.87. The Morgan fingerprint density at radius 1 is 1.22 bits per heavy atom. The number of benzene rings is 1. The van der Waals surface area contributed by atoms with Crippen LogP contribution in [0, 0.1) is 16.7 Å². The van der Waals surface area contributed by atoms with Gasteiger partial charge in [-0.1, -0.05) is 43.0 Å². The van der Waals surface area contributed by atoms with Gasteiger partial charge in [-0.05, 0) is 37.5 Å². The molecule has 1 aromatic rings. The van der Waals surface area contributed by atoms with E-state index in [2.05, 4.69) is 6.07 Å². The molecule has 2 rings (SSSR count). The van der Waals surface area contributed by atoms with Crippen molar-refractivity contribution in [1.82, 2.24) is 0 Å². The Morgan fingerprint density at radius 3 is 2.28 bits per heavy atom. The van der Waals surface area contributed by atoms with Gasteiger partial charge in [0, 0.05) is 5.02 Å². The van der Waals surface area contributed by atoms with Crippen molar-refractivity contribution in [2.45, 2.75) is 44.6 Å². The van der Waals surface area contributed by atoms with Crippen LogP contribution in [0.5, 0.6) is 0 Å². The second kappa shape index (κ2) is 4.91. The lowest BCUT2D eigenvalue weighted by Crippen LogP contribution is -2.44. The molecule has 0 radical (unpaired) electrons. The molecule has 1 unspecified atom stereocenters. The Kier molecular flexibility index (Phi) is 3.66. The fraction of sp³-hybridized carbons (Fsp3) is 0.533. The molecule has 1 aliphatic rings. The lowest BCUT2D eigenvalue weighted by Gasteiger charge is -2.43. The van der Waals surface area contributed by atoms with Gasteiger partial charge in [0.15, 0.2) is 0 Å². The summed E-state index contributed by atoms with van der Waals surface area (Å²) < 4.78 is 0. The first-order valence-corrected chi connectivity index (χ1v) is 6.79. The van der Waals surface area contributed by atoms with Crippen LogP contribution < -0.4 is 0 Å². The summed E-state index contributed by atoms with van der Waals surface area (Å²) in [6.45, 7) is 1.75. The summed E-state index contributed by atoms with van der Waals surface area (Å²) in [5, 5.41) is 21.1. The second-order valence-corrected chi connectivity index (χ2v) is 5.77. The summed E-state index contributed by atoms with van der Waals surface area (Å²) in [7, 11) is 0. The van der Waals surface area contributed by atoms with Crippen LogP contribution in [-0.4, -0.2) is 5.11 Å². The summed E-state index contributed by atoms with van der Waals surface area (Å²) in [5.74, 6) is 0. The molecule has 1 fully saturated rings. The molecule has 0 bridgehead atoms. The Labute approximate surface area is 113 Å². The van der Waals surface area contributed by atoms with Crippen molar-refractivity contribution in [2.24, 2.45) is 5.41 Å². The molecular weight excluding hydrogens is 246 g/mol. The highest BCUT2D eigenvalue weighted by molar-refractivity contribution is 6.30. The van der Waals surface area contributed by atoms with Crippen molar-refractivity contribution in [3.8, 4) is 6.07 Å². The SMILES string of the molecule is CC(O)(c1ccc(Cl)cc1)C1(C#N)CCCCC1. The molecule has 3 heteroatoms. The molecule has 0 aliphatic heterocycles. The molecule has 0 spiro atoms. The fourth-order valence-electron chi connectivity index (χ4n) is 2.91. The minimum atomic E-state index is -1.12. The molecule has 96 valence electrons. The summed E-state index contributed by atoms with van der Waals surface area (Å²) in [5.41, 5.74) is -1.01. The highest BCUT2D eigenvalue weighted by atomic mass is 35.5. The van der Waals surface area contributed by atoms with Gasteiger partial charge in [0.05, 0.1) is 11.5 Å². The van der Waals surface area contributed by atoms with Gasteiger partial charge in [0.2, 0.25) is 0 Å². The molecule has 0 amide bonds. The minimum absolute atomic E-state index is 0.643. The standard InChI is InChI=1S/C15H18ClNO/c1-14(18,12-5-7-13(16)8-6-12)15(11-17)9-3-2-4-10-15/h5-8,18H,2-4,9-10H2,1H3. The summed E-state index contributed by atoms with van der Waals surface area (Å²) in [6.07, 6.45) is 4.70. The number of halogens is 1. The topological polar surface area (TPSA) is 44.0 Å². The molecule has 1 saturated carbocycles. The average Bonchev–Trinajstić information content (AvgIpc) is 2.40. The van der Waals surface area contributed by atoms with Crippen molar-refractivity contribution in [2.75, 3.05) is 0 Å². The van der Waals surface area contributed by atoms with Gasteiger partial charge in [-0.15, -0.1) is 0 Å². The summed E-state index contributed by atoms with van der Waals surface area (Å²) in [6, 6.07) is 9.55. The van der Waals surface area contributed by atoms with E-state index in [1.54, 1.807) is 19.1 Å². The van der Waals surface area contributed by atoms with Crippen molar-refractivity contribution < 1.29 is 5.11 Å². The lowest BCUT2D eigenvalue weighted by atomic mass is 9.62. The Bertz CT molecular complexity index is 452. The smallest absolute Gasteiger partial charge is 0.105 e.